The molecular weight excluding hydrogens is 270 g/mol. The molecule has 20 heavy (non-hydrogen) atoms. The Kier molecular flexibility index (Phi) is 3.85. The van der Waals surface area contributed by atoms with E-state index >= 15 is 0 Å². The summed E-state index contributed by atoms with van der Waals surface area (Å²) in [5, 5.41) is 4.15. The summed E-state index contributed by atoms with van der Waals surface area (Å²) in [4.78, 5) is 11.6. The Bertz CT molecular complexity index is 626. The van der Waals surface area contributed by atoms with Gasteiger partial charge in [0, 0.05) is 0 Å². The number of nitrogens with zero attached hydrogens (tertiary/aromatic N) is 1. The highest BCUT2D eigenvalue weighted by Crippen LogP contribution is 2.24. The fourth-order valence-electron chi connectivity index (χ4n) is 1.65. The quantitative estimate of drug-likeness (QED) is 0.641. The fraction of sp³-hybridized carbons (Fsp3) is 0. The second-order valence-electron chi connectivity index (χ2n) is 4.02. The number of rotatable bonds is 5. The molecule has 0 N–H and O–H groups in total. The molecule has 100 valence electrons. The molecule has 0 saturated heterocycles. The van der Waals surface area contributed by atoms with Crippen LogP contribution in [0.3, 0.4) is 0 Å². The summed E-state index contributed by atoms with van der Waals surface area (Å²) in [6.07, 6.45) is 0. The molecule has 0 radical (unpaired) electrons. The first-order valence-electron chi connectivity index (χ1n) is 6.21. The van der Waals surface area contributed by atoms with Crippen molar-refractivity contribution in [3.8, 4) is 10.8 Å². The second-order valence-corrected chi connectivity index (χ2v) is 4.93. The highest BCUT2D eigenvalue weighted by molar-refractivity contribution is 7.11. The third-order valence-corrected chi connectivity index (χ3v) is 3.30. The standard InChI is InChI=1S/C16H13NO2S/c1-3-8-14(9-4-1)17(19-16-12-7-13-20-16)18-15-10-5-2-6-11-15/h1-13H. The molecule has 4 heteroatoms. The normalized spacial score (nSPS) is 10.0. The van der Waals surface area contributed by atoms with Crippen LogP contribution in [0.15, 0.2) is 78.2 Å². The molecule has 0 bridgehead atoms. The number of para-hydroxylation sites is 2. The van der Waals surface area contributed by atoms with E-state index in [-0.39, 0.29) is 0 Å². The van der Waals surface area contributed by atoms with Crippen LogP contribution in [-0.2, 0) is 0 Å². The van der Waals surface area contributed by atoms with E-state index in [9.17, 15) is 0 Å². The molecule has 0 aliphatic carbocycles. The molecule has 0 spiro atoms. The van der Waals surface area contributed by atoms with Gasteiger partial charge in [0.25, 0.3) is 0 Å². The summed E-state index contributed by atoms with van der Waals surface area (Å²) < 4.78 is 0. The minimum atomic E-state index is 0.716. The van der Waals surface area contributed by atoms with Gasteiger partial charge in [-0.15, -0.1) is 11.3 Å². The van der Waals surface area contributed by atoms with Crippen LogP contribution in [0.5, 0.6) is 10.8 Å². The lowest BCUT2D eigenvalue weighted by Gasteiger charge is -2.22. The summed E-state index contributed by atoms with van der Waals surface area (Å²) in [5.74, 6) is 0.716. The van der Waals surface area contributed by atoms with Crippen LogP contribution in [0.2, 0.25) is 0 Å². The van der Waals surface area contributed by atoms with E-state index in [0.717, 1.165) is 10.8 Å². The lowest BCUT2D eigenvalue weighted by atomic mass is 10.3. The van der Waals surface area contributed by atoms with Crippen molar-refractivity contribution in [2.45, 2.75) is 0 Å². The van der Waals surface area contributed by atoms with Crippen LogP contribution in [0, 0.1) is 0 Å². The summed E-state index contributed by atoms with van der Waals surface area (Å²) in [5.41, 5.74) is 0.824. The van der Waals surface area contributed by atoms with Crippen LogP contribution in [0.4, 0.5) is 5.69 Å². The number of thiophene rings is 1. The minimum absolute atomic E-state index is 0.716. The van der Waals surface area contributed by atoms with Crippen molar-refractivity contribution in [1.82, 2.24) is 0 Å². The van der Waals surface area contributed by atoms with E-state index in [0.29, 0.717) is 5.75 Å². The molecule has 0 amide bonds. The topological polar surface area (TPSA) is 21.7 Å². The van der Waals surface area contributed by atoms with Crippen molar-refractivity contribution in [3.63, 3.8) is 0 Å². The average Bonchev–Trinajstić information content (AvgIpc) is 3.02. The molecular formula is C16H13NO2S. The van der Waals surface area contributed by atoms with Gasteiger partial charge in [-0.2, -0.15) is 0 Å². The van der Waals surface area contributed by atoms with Crippen molar-refractivity contribution in [2.24, 2.45) is 0 Å². The summed E-state index contributed by atoms with van der Waals surface area (Å²) in [6.45, 7) is 0. The molecule has 0 fully saturated rings. The van der Waals surface area contributed by atoms with Crippen molar-refractivity contribution in [2.75, 3.05) is 5.23 Å². The van der Waals surface area contributed by atoms with Crippen molar-refractivity contribution < 1.29 is 9.68 Å². The smallest absolute Gasteiger partial charge is 0.212 e. The van der Waals surface area contributed by atoms with E-state index in [1.54, 1.807) is 0 Å². The van der Waals surface area contributed by atoms with Crippen molar-refractivity contribution >= 4 is 17.0 Å². The molecule has 0 aliphatic rings. The zero-order chi connectivity index (χ0) is 13.6. The molecule has 1 aromatic heterocycles. The number of benzene rings is 2. The summed E-state index contributed by atoms with van der Waals surface area (Å²) >= 11 is 1.51. The number of anilines is 1. The first-order chi connectivity index (χ1) is 9.92. The third-order valence-electron chi connectivity index (χ3n) is 2.57. The van der Waals surface area contributed by atoms with Crippen LogP contribution in [0.1, 0.15) is 0 Å². The van der Waals surface area contributed by atoms with E-state index in [1.807, 2.05) is 78.2 Å². The van der Waals surface area contributed by atoms with Gasteiger partial charge < -0.3 is 9.68 Å². The Morgan fingerprint density at radius 1 is 0.700 bits per heavy atom. The van der Waals surface area contributed by atoms with Gasteiger partial charge in [0.15, 0.2) is 5.75 Å². The first kappa shape index (κ1) is 12.6. The predicted molar refractivity (Wildman–Crippen MR) is 80.9 cm³/mol. The third kappa shape index (κ3) is 3.10. The minimum Gasteiger partial charge on any atom is -0.345 e. The zero-order valence-electron chi connectivity index (χ0n) is 10.7. The maximum atomic E-state index is 5.79. The van der Waals surface area contributed by atoms with E-state index in [1.165, 1.54) is 16.6 Å². The molecule has 3 rings (SSSR count). The van der Waals surface area contributed by atoms with Gasteiger partial charge in [0.05, 0.1) is 0 Å². The van der Waals surface area contributed by atoms with Gasteiger partial charge in [-0.05, 0) is 47.0 Å². The lowest BCUT2D eigenvalue weighted by molar-refractivity contribution is 0.0764. The van der Waals surface area contributed by atoms with Crippen molar-refractivity contribution in [1.29, 1.82) is 0 Å². The van der Waals surface area contributed by atoms with Gasteiger partial charge >= 0.3 is 0 Å². The maximum absolute atomic E-state index is 5.79. The van der Waals surface area contributed by atoms with Gasteiger partial charge in [-0.25, -0.2) is 0 Å². The molecule has 0 saturated carbocycles. The maximum Gasteiger partial charge on any atom is 0.212 e. The van der Waals surface area contributed by atoms with Gasteiger partial charge in [0.1, 0.15) is 5.69 Å². The van der Waals surface area contributed by atoms with Crippen LogP contribution in [0.25, 0.3) is 0 Å². The van der Waals surface area contributed by atoms with Crippen molar-refractivity contribution in [3.05, 3.63) is 78.2 Å². The Hall–Kier alpha value is -2.46. The molecule has 1 heterocycles. The van der Waals surface area contributed by atoms with E-state index in [4.69, 9.17) is 9.68 Å². The summed E-state index contributed by atoms with van der Waals surface area (Å²) in [7, 11) is 0. The first-order valence-corrected chi connectivity index (χ1v) is 7.09. The van der Waals surface area contributed by atoms with Crippen LogP contribution < -0.4 is 14.9 Å². The predicted octanol–water partition coefficient (Wildman–Crippen LogP) is 4.54. The van der Waals surface area contributed by atoms with Crippen LogP contribution >= 0.6 is 11.3 Å². The Morgan fingerprint density at radius 2 is 1.40 bits per heavy atom. The highest BCUT2D eigenvalue weighted by atomic mass is 32.1. The van der Waals surface area contributed by atoms with Crippen LogP contribution in [-0.4, -0.2) is 0 Å². The van der Waals surface area contributed by atoms with E-state index < -0.39 is 0 Å². The largest absolute Gasteiger partial charge is 0.345 e. The van der Waals surface area contributed by atoms with E-state index in [2.05, 4.69) is 0 Å². The molecule has 3 nitrogen and oxygen atoms in total. The molecule has 0 unspecified atom stereocenters. The Balaban J connectivity index is 1.83. The SMILES string of the molecule is c1ccc(ON(Oc2cccs2)c2ccccc2)cc1. The molecule has 0 aliphatic heterocycles. The Morgan fingerprint density at radius 3 is 2.05 bits per heavy atom. The van der Waals surface area contributed by atoms with Gasteiger partial charge in [-0.1, -0.05) is 36.4 Å². The van der Waals surface area contributed by atoms with Gasteiger partial charge in [-0.3, -0.25) is 0 Å². The highest BCUT2D eigenvalue weighted by Gasteiger charge is 2.11. The fourth-order valence-corrected chi connectivity index (χ4v) is 2.21. The second kappa shape index (κ2) is 6.12. The summed E-state index contributed by atoms with van der Waals surface area (Å²) in [6, 6.07) is 23.1. The number of hydrogen-bond acceptors (Lipinski definition) is 4. The monoisotopic (exact) mass is 283 g/mol. The number of hydrogen-bond donors (Lipinski definition) is 0. The average molecular weight is 283 g/mol. The van der Waals surface area contributed by atoms with Gasteiger partial charge in [0.2, 0.25) is 5.06 Å². The zero-order valence-corrected chi connectivity index (χ0v) is 11.5. The molecule has 3 aromatic rings. The molecule has 0 atom stereocenters. The Labute approximate surface area is 121 Å². The molecule has 2 aromatic carbocycles. The lowest BCUT2D eigenvalue weighted by Crippen LogP contribution is -2.30.